The summed E-state index contributed by atoms with van der Waals surface area (Å²) in [6, 6.07) is 11.6. The van der Waals surface area contributed by atoms with E-state index >= 15 is 0 Å². The summed E-state index contributed by atoms with van der Waals surface area (Å²) in [5, 5.41) is 3.69. The number of para-hydroxylation sites is 1. The van der Waals surface area contributed by atoms with Gasteiger partial charge in [0.05, 0.1) is 0 Å². The van der Waals surface area contributed by atoms with Gasteiger partial charge in [0, 0.05) is 12.1 Å². The SMILES string of the molecule is c1ccc(O[C@H]2C[C@H]3CCC[C@@H](C2)N3)cc1. The van der Waals surface area contributed by atoms with E-state index in [2.05, 4.69) is 17.4 Å². The van der Waals surface area contributed by atoms with Gasteiger partial charge in [-0.2, -0.15) is 0 Å². The molecule has 2 aliphatic rings. The predicted molar refractivity (Wildman–Crippen MR) is 64.7 cm³/mol. The van der Waals surface area contributed by atoms with E-state index < -0.39 is 0 Å². The van der Waals surface area contributed by atoms with Crippen LogP contribution >= 0.6 is 0 Å². The monoisotopic (exact) mass is 217 g/mol. The molecule has 2 fully saturated rings. The normalized spacial score (nSPS) is 33.4. The zero-order chi connectivity index (χ0) is 10.8. The summed E-state index contributed by atoms with van der Waals surface area (Å²) >= 11 is 0. The van der Waals surface area contributed by atoms with Gasteiger partial charge in [0.2, 0.25) is 0 Å². The Morgan fingerprint density at radius 1 is 1.00 bits per heavy atom. The van der Waals surface area contributed by atoms with Crippen LogP contribution in [0.25, 0.3) is 0 Å². The molecule has 1 N–H and O–H groups in total. The minimum absolute atomic E-state index is 0.416. The van der Waals surface area contributed by atoms with Crippen LogP contribution in [0.15, 0.2) is 30.3 Å². The van der Waals surface area contributed by atoms with Crippen molar-refractivity contribution in [3.05, 3.63) is 30.3 Å². The lowest BCUT2D eigenvalue weighted by atomic mass is 9.85. The molecule has 0 radical (unpaired) electrons. The number of hydrogen-bond donors (Lipinski definition) is 1. The Labute approximate surface area is 97.0 Å². The second kappa shape index (κ2) is 4.46. The number of hydrogen-bond acceptors (Lipinski definition) is 2. The van der Waals surface area contributed by atoms with Gasteiger partial charge in [-0.25, -0.2) is 0 Å². The lowest BCUT2D eigenvalue weighted by Crippen LogP contribution is -2.51. The molecular formula is C14H19NO. The Kier molecular flexibility index (Phi) is 2.83. The van der Waals surface area contributed by atoms with Gasteiger partial charge in [0.25, 0.3) is 0 Å². The number of piperidine rings is 2. The van der Waals surface area contributed by atoms with E-state index in [-0.39, 0.29) is 0 Å². The smallest absolute Gasteiger partial charge is 0.119 e. The fourth-order valence-corrected chi connectivity index (χ4v) is 3.00. The van der Waals surface area contributed by atoms with Crippen LogP contribution in [-0.4, -0.2) is 18.2 Å². The largest absolute Gasteiger partial charge is 0.490 e. The molecule has 3 atom stereocenters. The van der Waals surface area contributed by atoms with Gasteiger partial charge >= 0.3 is 0 Å². The summed E-state index contributed by atoms with van der Waals surface area (Å²) < 4.78 is 6.05. The zero-order valence-corrected chi connectivity index (χ0v) is 9.56. The molecule has 0 unspecified atom stereocenters. The summed E-state index contributed by atoms with van der Waals surface area (Å²) in [4.78, 5) is 0. The van der Waals surface area contributed by atoms with Crippen LogP contribution < -0.4 is 10.1 Å². The van der Waals surface area contributed by atoms with E-state index in [1.807, 2.05) is 18.2 Å². The van der Waals surface area contributed by atoms with Crippen LogP contribution in [-0.2, 0) is 0 Å². The second-order valence-corrected chi connectivity index (χ2v) is 5.02. The third-order valence-corrected chi connectivity index (χ3v) is 3.72. The minimum atomic E-state index is 0.416. The molecule has 0 amide bonds. The fourth-order valence-electron chi connectivity index (χ4n) is 3.00. The molecule has 0 aliphatic carbocycles. The lowest BCUT2D eigenvalue weighted by Gasteiger charge is -2.40. The molecule has 2 nitrogen and oxygen atoms in total. The quantitative estimate of drug-likeness (QED) is 0.822. The number of benzene rings is 1. The number of rotatable bonds is 2. The Morgan fingerprint density at radius 2 is 1.69 bits per heavy atom. The van der Waals surface area contributed by atoms with Gasteiger partial charge in [0.15, 0.2) is 0 Å². The van der Waals surface area contributed by atoms with E-state index in [1.54, 1.807) is 0 Å². The molecule has 0 spiro atoms. The highest BCUT2D eigenvalue weighted by molar-refractivity contribution is 5.21. The van der Waals surface area contributed by atoms with Crippen LogP contribution in [0.1, 0.15) is 32.1 Å². The highest BCUT2D eigenvalue weighted by atomic mass is 16.5. The maximum atomic E-state index is 6.05. The van der Waals surface area contributed by atoms with Crippen molar-refractivity contribution in [1.82, 2.24) is 5.32 Å². The molecule has 3 rings (SSSR count). The molecule has 1 aromatic carbocycles. The highest BCUT2D eigenvalue weighted by Gasteiger charge is 2.32. The maximum Gasteiger partial charge on any atom is 0.119 e. The first-order valence-corrected chi connectivity index (χ1v) is 6.38. The van der Waals surface area contributed by atoms with E-state index in [1.165, 1.54) is 32.1 Å². The fraction of sp³-hybridized carbons (Fsp3) is 0.571. The Bertz CT molecular complexity index is 326. The number of nitrogens with one attached hydrogen (secondary N) is 1. The lowest BCUT2D eigenvalue weighted by molar-refractivity contribution is 0.0927. The molecule has 2 heterocycles. The van der Waals surface area contributed by atoms with Gasteiger partial charge in [-0.05, 0) is 37.8 Å². The molecule has 2 bridgehead atoms. The Hall–Kier alpha value is -1.02. The van der Waals surface area contributed by atoms with Gasteiger partial charge in [0.1, 0.15) is 11.9 Å². The van der Waals surface area contributed by atoms with Crippen molar-refractivity contribution < 1.29 is 4.74 Å². The minimum Gasteiger partial charge on any atom is -0.490 e. The van der Waals surface area contributed by atoms with Gasteiger partial charge in [-0.3, -0.25) is 0 Å². The highest BCUT2D eigenvalue weighted by Crippen LogP contribution is 2.28. The van der Waals surface area contributed by atoms with Crippen molar-refractivity contribution in [2.24, 2.45) is 0 Å². The number of fused-ring (bicyclic) bond motifs is 2. The van der Waals surface area contributed by atoms with Crippen molar-refractivity contribution in [3.63, 3.8) is 0 Å². The second-order valence-electron chi connectivity index (χ2n) is 5.02. The third kappa shape index (κ3) is 2.22. The van der Waals surface area contributed by atoms with E-state index in [0.29, 0.717) is 18.2 Å². The first kappa shape index (κ1) is 10.2. The van der Waals surface area contributed by atoms with Crippen molar-refractivity contribution >= 4 is 0 Å². The molecule has 2 aliphatic heterocycles. The average Bonchev–Trinajstić information content (AvgIpc) is 2.30. The van der Waals surface area contributed by atoms with Crippen LogP contribution in [0.4, 0.5) is 0 Å². The topological polar surface area (TPSA) is 21.3 Å². The molecule has 2 saturated heterocycles. The van der Waals surface area contributed by atoms with E-state index in [9.17, 15) is 0 Å². The van der Waals surface area contributed by atoms with Crippen LogP contribution in [0, 0.1) is 0 Å². The van der Waals surface area contributed by atoms with E-state index in [0.717, 1.165) is 5.75 Å². The molecule has 1 aromatic rings. The molecule has 16 heavy (non-hydrogen) atoms. The molecule has 2 heteroatoms. The Balaban J connectivity index is 1.63. The summed E-state index contributed by atoms with van der Waals surface area (Å²) in [5.74, 6) is 1.02. The summed E-state index contributed by atoms with van der Waals surface area (Å²) in [6.07, 6.45) is 6.80. The van der Waals surface area contributed by atoms with Crippen molar-refractivity contribution in [2.75, 3.05) is 0 Å². The Morgan fingerprint density at radius 3 is 2.38 bits per heavy atom. The molecule has 86 valence electrons. The van der Waals surface area contributed by atoms with Crippen LogP contribution in [0.3, 0.4) is 0 Å². The standard InChI is InChI=1S/C14H19NO/c1-2-7-13(8-3-1)16-14-9-11-5-4-6-12(10-14)15-11/h1-3,7-8,11-12,14-15H,4-6,9-10H2/t11-,12+,14+. The summed E-state index contributed by atoms with van der Waals surface area (Å²) in [7, 11) is 0. The van der Waals surface area contributed by atoms with Crippen LogP contribution in [0.5, 0.6) is 5.75 Å². The summed E-state index contributed by atoms with van der Waals surface area (Å²) in [5.41, 5.74) is 0. The van der Waals surface area contributed by atoms with Crippen molar-refractivity contribution in [3.8, 4) is 5.75 Å². The molecular weight excluding hydrogens is 198 g/mol. The zero-order valence-electron chi connectivity index (χ0n) is 9.56. The number of ether oxygens (including phenoxy) is 1. The van der Waals surface area contributed by atoms with Crippen molar-refractivity contribution in [1.29, 1.82) is 0 Å². The molecule has 0 saturated carbocycles. The first-order chi connectivity index (χ1) is 7.90. The van der Waals surface area contributed by atoms with Gasteiger partial charge < -0.3 is 10.1 Å². The van der Waals surface area contributed by atoms with Crippen LogP contribution in [0.2, 0.25) is 0 Å². The first-order valence-electron chi connectivity index (χ1n) is 6.38. The van der Waals surface area contributed by atoms with Crippen molar-refractivity contribution in [2.45, 2.75) is 50.3 Å². The van der Waals surface area contributed by atoms with Gasteiger partial charge in [-0.1, -0.05) is 24.6 Å². The molecule has 0 aromatic heterocycles. The third-order valence-electron chi connectivity index (χ3n) is 3.72. The van der Waals surface area contributed by atoms with Gasteiger partial charge in [-0.15, -0.1) is 0 Å². The maximum absolute atomic E-state index is 6.05. The summed E-state index contributed by atoms with van der Waals surface area (Å²) in [6.45, 7) is 0. The van der Waals surface area contributed by atoms with E-state index in [4.69, 9.17) is 4.74 Å². The average molecular weight is 217 g/mol. The predicted octanol–water partition coefficient (Wildman–Crippen LogP) is 2.74.